The molecule has 1 atom stereocenters. The third-order valence-corrected chi connectivity index (χ3v) is 4.82. The Bertz CT molecular complexity index is 1120. The molecule has 0 bridgehead atoms. The fourth-order valence-electron chi connectivity index (χ4n) is 3.63. The number of carbonyl (C=O) groups is 2. The van der Waals surface area contributed by atoms with Crippen LogP contribution in [-0.2, 0) is 9.59 Å². The number of anilines is 2. The van der Waals surface area contributed by atoms with Crippen LogP contribution in [0.5, 0.6) is 0 Å². The number of hydrogen-bond acceptors (Lipinski definition) is 5. The molecule has 1 aromatic heterocycles. The van der Waals surface area contributed by atoms with Gasteiger partial charge in [0, 0.05) is 0 Å². The first-order chi connectivity index (χ1) is 13.1. The lowest BCUT2D eigenvalue weighted by Gasteiger charge is -2.24. The summed E-state index contributed by atoms with van der Waals surface area (Å²) in [6.45, 7) is 1.92. The summed E-state index contributed by atoms with van der Waals surface area (Å²) in [5.74, 6) is -0.284. The van der Waals surface area contributed by atoms with Crippen LogP contribution in [0.25, 0.3) is 0 Å². The molecule has 0 spiro atoms. The number of aryl methyl sites for hydroxylation is 1. The second kappa shape index (κ2) is 5.63. The number of nitrogens with zero attached hydrogens (tertiary/aromatic N) is 4. The maximum absolute atomic E-state index is 13.3. The Kier molecular flexibility index (Phi) is 3.24. The highest BCUT2D eigenvalue weighted by Gasteiger charge is 2.47. The van der Waals surface area contributed by atoms with Crippen LogP contribution in [0.15, 0.2) is 72.2 Å². The molecule has 3 heterocycles. The quantitative estimate of drug-likeness (QED) is 0.713. The van der Waals surface area contributed by atoms with Crippen LogP contribution in [-0.4, -0.2) is 26.6 Å². The molecule has 0 radical (unpaired) electrons. The number of amides is 2. The molecule has 0 saturated carbocycles. The van der Waals surface area contributed by atoms with Crippen molar-refractivity contribution in [2.75, 3.05) is 10.2 Å². The molecule has 2 aromatic carbocycles. The van der Waals surface area contributed by atoms with Crippen LogP contribution in [0.2, 0.25) is 0 Å². The van der Waals surface area contributed by atoms with E-state index in [9.17, 15) is 9.59 Å². The summed E-state index contributed by atoms with van der Waals surface area (Å²) in [5.41, 5.74) is 3.03. The summed E-state index contributed by atoms with van der Waals surface area (Å²) in [7, 11) is 0. The maximum Gasteiger partial charge on any atom is 0.282 e. The first-order valence-corrected chi connectivity index (χ1v) is 8.56. The van der Waals surface area contributed by atoms with Gasteiger partial charge in [-0.3, -0.25) is 9.59 Å². The number of nitrogens with one attached hydrogen (secondary N) is 1. The van der Waals surface area contributed by atoms with Crippen molar-refractivity contribution >= 4 is 23.5 Å². The topological polar surface area (TPSA) is 80.1 Å². The number of carbonyl (C=O) groups excluding carboxylic acids is 2. The molecule has 0 unspecified atom stereocenters. The van der Waals surface area contributed by atoms with Crippen molar-refractivity contribution in [2.45, 2.75) is 13.0 Å². The first kappa shape index (κ1) is 15.5. The third-order valence-electron chi connectivity index (χ3n) is 4.82. The molecular weight excluding hydrogens is 342 g/mol. The van der Waals surface area contributed by atoms with Gasteiger partial charge in [0.1, 0.15) is 18.1 Å². The second-order valence-corrected chi connectivity index (χ2v) is 6.54. The van der Waals surface area contributed by atoms with E-state index in [1.54, 1.807) is 10.7 Å². The minimum Gasteiger partial charge on any atom is -0.319 e. The molecule has 0 fully saturated rings. The molecule has 27 heavy (non-hydrogen) atoms. The predicted octanol–water partition coefficient (Wildman–Crippen LogP) is 2.43. The largest absolute Gasteiger partial charge is 0.319 e. The van der Waals surface area contributed by atoms with E-state index in [1.807, 2.05) is 55.5 Å². The van der Waals surface area contributed by atoms with Gasteiger partial charge in [0.2, 0.25) is 5.95 Å². The normalized spacial score (nSPS) is 18.4. The van der Waals surface area contributed by atoms with Crippen LogP contribution >= 0.6 is 0 Å². The highest BCUT2D eigenvalue weighted by molar-refractivity contribution is 6.34. The van der Waals surface area contributed by atoms with Crippen molar-refractivity contribution in [1.29, 1.82) is 0 Å². The molecule has 132 valence electrons. The summed E-state index contributed by atoms with van der Waals surface area (Å²) in [4.78, 5) is 31.8. The Morgan fingerprint density at radius 2 is 1.81 bits per heavy atom. The number of rotatable bonds is 2. The number of fused-ring (bicyclic) bond motifs is 1. The molecule has 5 rings (SSSR count). The molecule has 1 N–H and O–H groups in total. The summed E-state index contributed by atoms with van der Waals surface area (Å²) in [6, 6.07) is 16.4. The van der Waals surface area contributed by atoms with Crippen molar-refractivity contribution in [3.63, 3.8) is 0 Å². The van der Waals surface area contributed by atoms with E-state index >= 15 is 0 Å². The van der Waals surface area contributed by atoms with Gasteiger partial charge in [0.25, 0.3) is 11.8 Å². The standard InChI is InChI=1S/C20H15N5O2/c1-12-6-5-9-14(10-12)24-18(26)15-16(19(24)27)23-20-21-11-22-25(20)17(15)13-7-3-2-4-8-13/h2-11,17H,1H3,(H,21,22,23)/t17-/m1/s1. The Hall–Kier alpha value is -3.74. The summed E-state index contributed by atoms with van der Waals surface area (Å²) < 4.78 is 1.64. The van der Waals surface area contributed by atoms with Crippen molar-refractivity contribution in [3.05, 3.63) is 83.3 Å². The smallest absolute Gasteiger partial charge is 0.282 e. The molecule has 0 aliphatic carbocycles. The zero-order chi connectivity index (χ0) is 18.5. The Morgan fingerprint density at radius 1 is 1.00 bits per heavy atom. The SMILES string of the molecule is Cc1cccc(N2C(=O)C3=C(C2=O)[C@@H](c2ccccc2)n2ncnc2N3)c1. The molecule has 0 saturated heterocycles. The van der Waals surface area contributed by atoms with E-state index in [0.29, 0.717) is 17.2 Å². The van der Waals surface area contributed by atoms with Crippen molar-refractivity contribution in [3.8, 4) is 0 Å². The molecule has 2 aliphatic rings. The summed E-state index contributed by atoms with van der Waals surface area (Å²) in [5, 5.41) is 7.26. The Morgan fingerprint density at radius 3 is 2.59 bits per heavy atom. The summed E-state index contributed by atoms with van der Waals surface area (Å²) in [6.07, 6.45) is 1.41. The van der Waals surface area contributed by atoms with Gasteiger partial charge in [-0.15, -0.1) is 0 Å². The van der Waals surface area contributed by atoms with Gasteiger partial charge in [0.05, 0.1) is 11.3 Å². The van der Waals surface area contributed by atoms with Crippen LogP contribution in [0.4, 0.5) is 11.6 Å². The number of hydrogen-bond donors (Lipinski definition) is 1. The van der Waals surface area contributed by atoms with Gasteiger partial charge in [0.15, 0.2) is 0 Å². The summed E-state index contributed by atoms with van der Waals surface area (Å²) >= 11 is 0. The number of benzene rings is 2. The van der Waals surface area contributed by atoms with E-state index in [1.165, 1.54) is 11.2 Å². The highest BCUT2D eigenvalue weighted by atomic mass is 16.2. The highest BCUT2D eigenvalue weighted by Crippen LogP contribution is 2.40. The van der Waals surface area contributed by atoms with E-state index in [2.05, 4.69) is 15.4 Å². The van der Waals surface area contributed by atoms with Crippen LogP contribution in [0.3, 0.4) is 0 Å². The monoisotopic (exact) mass is 357 g/mol. The first-order valence-electron chi connectivity index (χ1n) is 8.56. The lowest BCUT2D eigenvalue weighted by Crippen LogP contribution is -2.32. The molecular formula is C20H15N5O2. The predicted molar refractivity (Wildman–Crippen MR) is 98.9 cm³/mol. The van der Waals surface area contributed by atoms with Crippen LogP contribution in [0.1, 0.15) is 17.2 Å². The zero-order valence-electron chi connectivity index (χ0n) is 14.5. The molecule has 3 aromatic rings. The van der Waals surface area contributed by atoms with Gasteiger partial charge in [-0.2, -0.15) is 10.1 Å². The maximum atomic E-state index is 13.3. The van der Waals surface area contributed by atoms with Gasteiger partial charge < -0.3 is 5.32 Å². The van der Waals surface area contributed by atoms with Gasteiger partial charge in [-0.25, -0.2) is 9.58 Å². The average molecular weight is 357 g/mol. The van der Waals surface area contributed by atoms with E-state index in [-0.39, 0.29) is 17.5 Å². The van der Waals surface area contributed by atoms with E-state index in [4.69, 9.17) is 0 Å². The number of aromatic nitrogens is 3. The van der Waals surface area contributed by atoms with Gasteiger partial charge >= 0.3 is 0 Å². The van der Waals surface area contributed by atoms with Crippen molar-refractivity contribution in [1.82, 2.24) is 14.8 Å². The second-order valence-electron chi connectivity index (χ2n) is 6.54. The third kappa shape index (κ3) is 2.21. The molecule has 7 nitrogen and oxygen atoms in total. The molecule has 2 amide bonds. The lowest BCUT2D eigenvalue weighted by molar-refractivity contribution is -0.120. The fraction of sp³-hybridized carbons (Fsp3) is 0.100. The van der Waals surface area contributed by atoms with Gasteiger partial charge in [-0.05, 0) is 30.2 Å². The molecule has 7 heteroatoms. The Balaban J connectivity index is 1.67. The van der Waals surface area contributed by atoms with E-state index in [0.717, 1.165) is 11.1 Å². The minimum atomic E-state index is -0.508. The van der Waals surface area contributed by atoms with Crippen molar-refractivity contribution < 1.29 is 9.59 Å². The molecule has 2 aliphatic heterocycles. The fourth-order valence-corrected chi connectivity index (χ4v) is 3.63. The number of imide groups is 1. The Labute approximate surface area is 154 Å². The van der Waals surface area contributed by atoms with Crippen LogP contribution < -0.4 is 10.2 Å². The minimum absolute atomic E-state index is 0.260. The lowest BCUT2D eigenvalue weighted by atomic mass is 9.96. The zero-order valence-corrected chi connectivity index (χ0v) is 14.5. The van der Waals surface area contributed by atoms with Crippen molar-refractivity contribution in [2.24, 2.45) is 0 Å². The van der Waals surface area contributed by atoms with E-state index < -0.39 is 6.04 Å². The average Bonchev–Trinajstić information content (AvgIpc) is 3.24. The van der Waals surface area contributed by atoms with Crippen LogP contribution in [0, 0.1) is 6.92 Å². The van der Waals surface area contributed by atoms with Gasteiger partial charge in [-0.1, -0.05) is 42.5 Å².